The first-order valence-electron chi connectivity index (χ1n) is 23.2. The Labute approximate surface area is 385 Å². The van der Waals surface area contributed by atoms with Gasteiger partial charge in [0.25, 0.3) is 0 Å². The molecule has 0 atom stereocenters. The molecule has 0 N–H and O–H groups in total. The van der Waals surface area contributed by atoms with Crippen LogP contribution in [-0.2, 0) is 10.8 Å². The molecule has 310 valence electrons. The van der Waals surface area contributed by atoms with Gasteiger partial charge in [0.1, 0.15) is 0 Å². The van der Waals surface area contributed by atoms with Gasteiger partial charge < -0.3 is 9.47 Å². The van der Waals surface area contributed by atoms with E-state index >= 15 is 0 Å². The molecule has 0 amide bonds. The normalized spacial score (nSPS) is 14.2. The topological polar surface area (TPSA) is 8.17 Å². The van der Waals surface area contributed by atoms with Crippen LogP contribution in [0.5, 0.6) is 0 Å². The maximum atomic E-state index is 2.56. The van der Waals surface area contributed by atoms with E-state index in [1.807, 2.05) is 0 Å². The molecule has 2 nitrogen and oxygen atoms in total. The zero-order valence-electron chi connectivity index (χ0n) is 36.8. The fraction of sp³-hybridized carbons (Fsp3) is 0.0625. The van der Waals surface area contributed by atoms with Crippen molar-refractivity contribution < 1.29 is 0 Å². The Balaban J connectivity index is 0.971. The summed E-state index contributed by atoms with van der Waals surface area (Å²) in [6.45, 7) is 4.71. The highest BCUT2D eigenvalue weighted by Crippen LogP contribution is 2.61. The van der Waals surface area contributed by atoms with Gasteiger partial charge in [0.2, 0.25) is 0 Å². The van der Waals surface area contributed by atoms with Crippen molar-refractivity contribution in [3.8, 4) is 50.2 Å². The second-order valence-corrected chi connectivity index (χ2v) is 18.8. The van der Waals surface area contributed by atoms with Gasteiger partial charge in [-0.15, -0.1) is 0 Å². The molecule has 3 aliphatic rings. The third kappa shape index (κ3) is 4.85. The van der Waals surface area contributed by atoms with Gasteiger partial charge in [0, 0.05) is 33.1 Å². The van der Waals surface area contributed by atoms with Crippen LogP contribution in [-0.4, -0.2) is 4.57 Å². The maximum absolute atomic E-state index is 2.56. The van der Waals surface area contributed by atoms with E-state index in [0.717, 1.165) is 17.1 Å². The number of hydrogen-bond donors (Lipinski definition) is 0. The van der Waals surface area contributed by atoms with Gasteiger partial charge in [-0.25, -0.2) is 0 Å². The summed E-state index contributed by atoms with van der Waals surface area (Å²) in [5.74, 6) is 0. The summed E-state index contributed by atoms with van der Waals surface area (Å²) < 4.78 is 2.56. The maximum Gasteiger partial charge on any atom is 0.0754 e. The van der Waals surface area contributed by atoms with Gasteiger partial charge in [-0.05, 0) is 115 Å². The van der Waals surface area contributed by atoms with Crippen molar-refractivity contribution >= 4 is 38.9 Å². The summed E-state index contributed by atoms with van der Waals surface area (Å²) in [4.78, 5) is 2.43. The van der Waals surface area contributed by atoms with Crippen LogP contribution in [0.2, 0.25) is 0 Å². The second kappa shape index (κ2) is 13.7. The highest BCUT2D eigenvalue weighted by molar-refractivity contribution is 6.13. The molecule has 0 unspecified atom stereocenters. The standard InChI is InChI=1S/C64H44N2/c1-63(2)52-27-11-8-24-51(52)61-46(25-16-30-56(61)63)41-34-37-44(38-35-41)65(43-18-4-3-5-19-43)58-32-14-9-20-45(58)42-36-39-55-60(40-42)66-59-33-15-10-23-49(59)50-26-17-31-57(62(50)66)64(55)53-28-12-6-21-47(53)48-22-7-13-29-54(48)64/h3-40H,1-2H3. The number of benzene rings is 10. The van der Waals surface area contributed by atoms with Crippen LogP contribution >= 0.6 is 0 Å². The van der Waals surface area contributed by atoms with Crippen molar-refractivity contribution in [1.29, 1.82) is 0 Å². The number of nitrogens with zero attached hydrogens (tertiary/aromatic N) is 2. The lowest BCUT2D eigenvalue weighted by Gasteiger charge is -2.40. The van der Waals surface area contributed by atoms with Crippen molar-refractivity contribution in [2.75, 3.05) is 4.90 Å². The fourth-order valence-electron chi connectivity index (χ4n) is 12.4. The van der Waals surface area contributed by atoms with E-state index in [0.29, 0.717) is 0 Å². The molecule has 14 rings (SSSR count). The SMILES string of the molecule is CC1(C)c2ccccc2-c2c(-c3ccc(N(c4ccccc4)c4ccccc4-c4ccc5c(c4)-n4c6ccccc6c6cccc(c64)C54c5ccccc5-c5ccccc54)cc3)cccc21. The Bertz CT molecular complexity index is 3750. The minimum absolute atomic E-state index is 0.0527. The molecule has 66 heavy (non-hydrogen) atoms. The first kappa shape index (κ1) is 37.2. The van der Waals surface area contributed by atoms with Gasteiger partial charge in [0.05, 0.1) is 27.8 Å². The molecule has 10 aromatic carbocycles. The summed E-state index contributed by atoms with van der Waals surface area (Å²) in [6, 6.07) is 86.1. The van der Waals surface area contributed by atoms with E-state index in [4.69, 9.17) is 0 Å². The smallest absolute Gasteiger partial charge is 0.0754 e. The van der Waals surface area contributed by atoms with E-state index in [-0.39, 0.29) is 5.41 Å². The van der Waals surface area contributed by atoms with Crippen LogP contribution in [0, 0.1) is 0 Å². The number of hydrogen-bond acceptors (Lipinski definition) is 1. The Morgan fingerprint density at radius 2 is 0.909 bits per heavy atom. The van der Waals surface area contributed by atoms with Crippen molar-refractivity contribution in [3.05, 3.63) is 264 Å². The molecule has 2 heteroatoms. The second-order valence-electron chi connectivity index (χ2n) is 18.8. The van der Waals surface area contributed by atoms with Gasteiger partial charge in [-0.2, -0.15) is 0 Å². The molecular formula is C64H44N2. The van der Waals surface area contributed by atoms with Gasteiger partial charge in [-0.1, -0.05) is 202 Å². The average molecular weight is 841 g/mol. The summed E-state index contributed by atoms with van der Waals surface area (Å²) >= 11 is 0. The Morgan fingerprint density at radius 3 is 1.68 bits per heavy atom. The lowest BCUT2D eigenvalue weighted by Crippen LogP contribution is -2.33. The number of rotatable bonds is 5. The van der Waals surface area contributed by atoms with E-state index in [1.165, 1.54) is 105 Å². The molecule has 1 aliphatic heterocycles. The third-order valence-corrected chi connectivity index (χ3v) is 15.2. The third-order valence-electron chi connectivity index (χ3n) is 15.2. The minimum Gasteiger partial charge on any atom is -0.310 e. The van der Waals surface area contributed by atoms with Crippen LogP contribution < -0.4 is 4.90 Å². The summed E-state index contributed by atoms with van der Waals surface area (Å²) in [7, 11) is 0. The highest BCUT2D eigenvalue weighted by atomic mass is 15.1. The fourth-order valence-corrected chi connectivity index (χ4v) is 12.4. The molecule has 1 spiro atoms. The van der Waals surface area contributed by atoms with Gasteiger partial charge in [-0.3, -0.25) is 0 Å². The molecule has 0 fully saturated rings. The molecular weight excluding hydrogens is 797 g/mol. The predicted molar refractivity (Wildman–Crippen MR) is 275 cm³/mol. The monoisotopic (exact) mass is 840 g/mol. The van der Waals surface area contributed by atoms with E-state index in [2.05, 4.69) is 254 Å². The molecule has 11 aromatic rings. The van der Waals surface area contributed by atoms with E-state index in [9.17, 15) is 0 Å². The van der Waals surface area contributed by atoms with E-state index in [1.54, 1.807) is 0 Å². The van der Waals surface area contributed by atoms with Crippen molar-refractivity contribution in [3.63, 3.8) is 0 Å². The van der Waals surface area contributed by atoms with Gasteiger partial charge >= 0.3 is 0 Å². The van der Waals surface area contributed by atoms with Crippen LogP contribution in [0.1, 0.15) is 47.2 Å². The number of fused-ring (bicyclic) bond motifs is 15. The molecule has 0 saturated heterocycles. The van der Waals surface area contributed by atoms with Crippen molar-refractivity contribution in [1.82, 2.24) is 4.57 Å². The molecule has 0 saturated carbocycles. The van der Waals surface area contributed by atoms with Crippen LogP contribution in [0.4, 0.5) is 17.1 Å². The lowest BCUT2D eigenvalue weighted by atomic mass is 9.65. The zero-order chi connectivity index (χ0) is 43.7. The average Bonchev–Trinajstić information content (AvgIpc) is 3.96. The highest BCUT2D eigenvalue weighted by Gasteiger charge is 2.50. The van der Waals surface area contributed by atoms with Crippen LogP contribution in [0.15, 0.2) is 231 Å². The quantitative estimate of drug-likeness (QED) is 0.168. The number of aromatic nitrogens is 1. The number of anilines is 3. The molecule has 2 aliphatic carbocycles. The molecule has 0 radical (unpaired) electrons. The largest absolute Gasteiger partial charge is 0.310 e. The molecule has 0 bridgehead atoms. The van der Waals surface area contributed by atoms with Crippen LogP contribution in [0.25, 0.3) is 72.0 Å². The van der Waals surface area contributed by atoms with Gasteiger partial charge in [0.15, 0.2) is 0 Å². The van der Waals surface area contributed by atoms with E-state index < -0.39 is 5.41 Å². The first-order valence-corrected chi connectivity index (χ1v) is 23.2. The first-order chi connectivity index (χ1) is 32.5. The Kier molecular flexibility index (Phi) is 7.70. The van der Waals surface area contributed by atoms with Crippen molar-refractivity contribution in [2.45, 2.75) is 24.7 Å². The van der Waals surface area contributed by atoms with Crippen LogP contribution in [0.3, 0.4) is 0 Å². The summed E-state index contributed by atoms with van der Waals surface area (Å²) in [6.07, 6.45) is 0. The summed E-state index contributed by atoms with van der Waals surface area (Å²) in [5, 5.41) is 2.56. The number of para-hydroxylation sites is 4. The molecule has 2 heterocycles. The zero-order valence-corrected chi connectivity index (χ0v) is 36.8. The summed E-state index contributed by atoms with van der Waals surface area (Å²) in [5.41, 5.74) is 24.8. The Morgan fingerprint density at radius 1 is 0.364 bits per heavy atom. The minimum atomic E-state index is -0.487. The predicted octanol–water partition coefficient (Wildman–Crippen LogP) is 16.6. The molecule has 1 aromatic heterocycles. The lowest BCUT2D eigenvalue weighted by molar-refractivity contribution is 0.660. The Hall–Kier alpha value is -8.20. The van der Waals surface area contributed by atoms with Crippen molar-refractivity contribution in [2.24, 2.45) is 0 Å².